The molecule has 1 aromatic rings. The van der Waals surface area contributed by atoms with Gasteiger partial charge in [-0.05, 0) is 18.2 Å². The van der Waals surface area contributed by atoms with E-state index in [1.54, 1.807) is 7.11 Å². The summed E-state index contributed by atoms with van der Waals surface area (Å²) in [5.74, 6) is 0.907. The Hall–Kier alpha value is -0.843. The number of rotatable bonds is 8. The molecule has 0 bridgehead atoms. The van der Waals surface area contributed by atoms with Crippen molar-refractivity contribution in [1.82, 2.24) is 0 Å². The van der Waals surface area contributed by atoms with Crippen LogP contribution in [0.5, 0.6) is 5.75 Å². The highest BCUT2D eigenvalue weighted by molar-refractivity contribution is 6.45. The number of ether oxygens (including phenoxy) is 1. The first kappa shape index (κ1) is 13.2. The maximum Gasteiger partial charge on any atom is 0.382 e. The van der Waals surface area contributed by atoms with Gasteiger partial charge in [0.2, 0.25) is 0 Å². The molecule has 0 heterocycles. The zero-order chi connectivity index (χ0) is 11.6. The standard InChI is InChI=1S/C12H20O3Si/c1-3-11-16(14-10-9-13-2)15-12-7-5-4-6-8-12/h4-8,16H,3,9-11H2,1-2H3. The predicted octanol–water partition coefficient (Wildman–Crippen LogP) is 2.36. The molecular weight excluding hydrogens is 220 g/mol. The zero-order valence-corrected chi connectivity index (χ0v) is 11.2. The molecule has 1 atom stereocenters. The van der Waals surface area contributed by atoms with E-state index in [1.165, 1.54) is 0 Å². The van der Waals surface area contributed by atoms with Crippen molar-refractivity contribution in [3.05, 3.63) is 30.3 Å². The van der Waals surface area contributed by atoms with Crippen molar-refractivity contribution in [3.63, 3.8) is 0 Å². The van der Waals surface area contributed by atoms with Crippen LogP contribution in [0.15, 0.2) is 30.3 Å². The molecule has 0 radical (unpaired) electrons. The lowest BCUT2D eigenvalue weighted by Crippen LogP contribution is -2.27. The molecule has 0 spiro atoms. The normalized spacial score (nSPS) is 12.4. The molecule has 0 aromatic heterocycles. The summed E-state index contributed by atoms with van der Waals surface area (Å²) in [6.07, 6.45) is 1.09. The molecule has 90 valence electrons. The molecule has 4 heteroatoms. The van der Waals surface area contributed by atoms with Crippen molar-refractivity contribution in [2.24, 2.45) is 0 Å². The van der Waals surface area contributed by atoms with Crippen molar-refractivity contribution in [1.29, 1.82) is 0 Å². The molecule has 3 nitrogen and oxygen atoms in total. The third-order valence-electron chi connectivity index (χ3n) is 2.13. The third kappa shape index (κ3) is 5.30. The highest BCUT2D eigenvalue weighted by atomic mass is 28.3. The van der Waals surface area contributed by atoms with Crippen molar-refractivity contribution < 1.29 is 13.6 Å². The lowest BCUT2D eigenvalue weighted by atomic mass is 10.3. The van der Waals surface area contributed by atoms with Crippen molar-refractivity contribution in [3.8, 4) is 5.75 Å². The van der Waals surface area contributed by atoms with E-state index in [4.69, 9.17) is 13.6 Å². The minimum absolute atomic E-state index is 0.625. The average Bonchev–Trinajstić information content (AvgIpc) is 2.31. The maximum absolute atomic E-state index is 5.86. The Bertz CT molecular complexity index is 266. The van der Waals surface area contributed by atoms with Gasteiger partial charge >= 0.3 is 9.28 Å². The second-order valence-electron chi connectivity index (χ2n) is 3.51. The van der Waals surface area contributed by atoms with Gasteiger partial charge in [-0.3, -0.25) is 0 Å². The smallest absolute Gasteiger partial charge is 0.382 e. The molecule has 0 N–H and O–H groups in total. The fourth-order valence-electron chi connectivity index (χ4n) is 1.33. The largest absolute Gasteiger partial charge is 0.522 e. The van der Waals surface area contributed by atoms with Crippen LogP contribution in [0.2, 0.25) is 6.04 Å². The second kappa shape index (κ2) is 8.33. The average molecular weight is 240 g/mol. The van der Waals surface area contributed by atoms with Crippen LogP contribution < -0.4 is 4.43 Å². The quantitative estimate of drug-likeness (QED) is 0.516. The van der Waals surface area contributed by atoms with Gasteiger partial charge in [-0.1, -0.05) is 31.5 Å². The third-order valence-corrected chi connectivity index (χ3v) is 4.32. The van der Waals surface area contributed by atoms with Crippen LogP contribution in [0.3, 0.4) is 0 Å². The Morgan fingerprint density at radius 2 is 1.88 bits per heavy atom. The van der Waals surface area contributed by atoms with Crippen LogP contribution >= 0.6 is 0 Å². The fourth-order valence-corrected chi connectivity index (χ4v) is 2.97. The highest BCUT2D eigenvalue weighted by Crippen LogP contribution is 2.12. The van der Waals surface area contributed by atoms with Gasteiger partial charge in [-0.2, -0.15) is 0 Å². The molecule has 0 aliphatic heterocycles. The van der Waals surface area contributed by atoms with Gasteiger partial charge in [0.05, 0.1) is 13.2 Å². The summed E-state index contributed by atoms with van der Waals surface area (Å²) in [6, 6.07) is 10.9. The molecule has 0 amide bonds. The number of hydrogen-bond donors (Lipinski definition) is 0. The summed E-state index contributed by atoms with van der Waals surface area (Å²) < 4.78 is 16.5. The molecule has 0 saturated heterocycles. The van der Waals surface area contributed by atoms with Gasteiger partial charge in [0, 0.05) is 7.11 Å². The van der Waals surface area contributed by atoms with Crippen LogP contribution in [0.25, 0.3) is 0 Å². The maximum atomic E-state index is 5.86. The van der Waals surface area contributed by atoms with E-state index in [1.807, 2.05) is 30.3 Å². The van der Waals surface area contributed by atoms with Crippen LogP contribution in [-0.2, 0) is 9.16 Å². The molecule has 1 rings (SSSR count). The Morgan fingerprint density at radius 1 is 1.12 bits per heavy atom. The SMILES string of the molecule is CCC[SiH](OCCOC)Oc1ccccc1. The summed E-state index contributed by atoms with van der Waals surface area (Å²) >= 11 is 0. The predicted molar refractivity (Wildman–Crippen MR) is 67.1 cm³/mol. The van der Waals surface area contributed by atoms with Crippen LogP contribution in [0.1, 0.15) is 13.3 Å². The summed E-state index contributed by atoms with van der Waals surface area (Å²) in [4.78, 5) is 0. The van der Waals surface area contributed by atoms with E-state index in [0.717, 1.165) is 18.2 Å². The van der Waals surface area contributed by atoms with E-state index >= 15 is 0 Å². The Kier molecular flexibility index (Phi) is 6.88. The van der Waals surface area contributed by atoms with Gasteiger partial charge in [0.15, 0.2) is 0 Å². The minimum Gasteiger partial charge on any atom is -0.522 e. The number of methoxy groups -OCH3 is 1. The molecule has 0 aliphatic carbocycles. The second-order valence-corrected chi connectivity index (χ2v) is 5.52. The van der Waals surface area contributed by atoms with Crippen LogP contribution in [0, 0.1) is 0 Å². The minimum atomic E-state index is -1.57. The van der Waals surface area contributed by atoms with Gasteiger partial charge in [-0.15, -0.1) is 0 Å². The van der Waals surface area contributed by atoms with E-state index in [0.29, 0.717) is 13.2 Å². The van der Waals surface area contributed by atoms with E-state index in [-0.39, 0.29) is 0 Å². The molecule has 0 aliphatic rings. The van der Waals surface area contributed by atoms with Gasteiger partial charge < -0.3 is 13.6 Å². The monoisotopic (exact) mass is 240 g/mol. The highest BCUT2D eigenvalue weighted by Gasteiger charge is 2.13. The van der Waals surface area contributed by atoms with Gasteiger partial charge in [-0.25, -0.2) is 0 Å². The Morgan fingerprint density at radius 3 is 2.50 bits per heavy atom. The van der Waals surface area contributed by atoms with Crippen LogP contribution in [0.4, 0.5) is 0 Å². The number of para-hydroxylation sites is 1. The Balaban J connectivity index is 2.38. The van der Waals surface area contributed by atoms with Gasteiger partial charge in [0.25, 0.3) is 0 Å². The van der Waals surface area contributed by atoms with Crippen LogP contribution in [-0.4, -0.2) is 29.6 Å². The summed E-state index contributed by atoms with van der Waals surface area (Å²) in [6.45, 7) is 3.40. The lowest BCUT2D eigenvalue weighted by Gasteiger charge is -2.17. The topological polar surface area (TPSA) is 27.7 Å². The molecule has 0 fully saturated rings. The summed E-state index contributed by atoms with van der Waals surface area (Å²) in [7, 11) is 0.106. The fraction of sp³-hybridized carbons (Fsp3) is 0.500. The van der Waals surface area contributed by atoms with Crippen molar-refractivity contribution in [2.45, 2.75) is 19.4 Å². The van der Waals surface area contributed by atoms with Crippen molar-refractivity contribution >= 4 is 9.28 Å². The van der Waals surface area contributed by atoms with Crippen molar-refractivity contribution in [2.75, 3.05) is 20.3 Å². The van der Waals surface area contributed by atoms with E-state index < -0.39 is 9.28 Å². The number of benzene rings is 1. The molecule has 1 unspecified atom stereocenters. The molecule has 0 saturated carbocycles. The first-order valence-corrected chi connectivity index (χ1v) is 7.45. The Labute approximate surface area is 99.2 Å². The summed E-state index contributed by atoms with van der Waals surface area (Å²) in [5, 5.41) is 0. The zero-order valence-electron chi connectivity index (χ0n) is 10.0. The molecule has 1 aromatic carbocycles. The first-order chi connectivity index (χ1) is 7.86. The van der Waals surface area contributed by atoms with Gasteiger partial charge in [0.1, 0.15) is 5.75 Å². The lowest BCUT2D eigenvalue weighted by molar-refractivity contribution is 0.135. The molecule has 16 heavy (non-hydrogen) atoms. The number of hydrogen-bond acceptors (Lipinski definition) is 3. The van der Waals surface area contributed by atoms with E-state index in [2.05, 4.69) is 6.92 Å². The molecular formula is C12H20O3Si. The first-order valence-electron chi connectivity index (χ1n) is 5.69. The van der Waals surface area contributed by atoms with E-state index in [9.17, 15) is 0 Å². The summed E-state index contributed by atoms with van der Waals surface area (Å²) in [5.41, 5.74) is 0.